The van der Waals surface area contributed by atoms with E-state index < -0.39 is 0 Å². The summed E-state index contributed by atoms with van der Waals surface area (Å²) in [6.45, 7) is 0.305. The Balaban J connectivity index is 2.02. The highest BCUT2D eigenvalue weighted by molar-refractivity contribution is 5.77. The van der Waals surface area contributed by atoms with Crippen LogP contribution >= 0.6 is 0 Å². The summed E-state index contributed by atoms with van der Waals surface area (Å²) >= 11 is 0. The fourth-order valence-corrected chi connectivity index (χ4v) is 2.04. The Bertz CT molecular complexity index is 885. The molecule has 0 saturated heterocycles. The molecule has 0 aliphatic carbocycles. The molecule has 6 heteroatoms. The van der Waals surface area contributed by atoms with Crippen molar-refractivity contribution >= 4 is 11.2 Å². The highest BCUT2D eigenvalue weighted by Gasteiger charge is 2.13. The molecule has 0 fully saturated rings. The second-order valence-corrected chi connectivity index (χ2v) is 4.49. The van der Waals surface area contributed by atoms with E-state index in [9.17, 15) is 0 Å². The van der Waals surface area contributed by atoms with E-state index in [1.807, 2.05) is 6.07 Å². The van der Waals surface area contributed by atoms with Crippen LogP contribution in [0.3, 0.4) is 0 Å². The van der Waals surface area contributed by atoms with Crippen molar-refractivity contribution in [2.45, 2.75) is 0 Å². The first-order chi connectivity index (χ1) is 11.3. The number of hydrogen-bond acceptors (Lipinski definition) is 5. The number of nitrogens with one attached hydrogen (secondary N) is 1. The van der Waals surface area contributed by atoms with E-state index in [1.165, 1.54) is 6.33 Å². The maximum Gasteiger partial charge on any atom is 0.181 e. The second kappa shape index (κ2) is 6.50. The molecule has 0 amide bonds. The van der Waals surface area contributed by atoms with E-state index in [0.717, 1.165) is 11.1 Å². The Hall–Kier alpha value is -3.51. The molecular formula is C17H12N4O2. The summed E-state index contributed by atoms with van der Waals surface area (Å²) in [7, 11) is 0. The number of ether oxygens (including phenoxy) is 2. The molecular weight excluding hydrogens is 292 g/mol. The van der Waals surface area contributed by atoms with Crippen LogP contribution in [0.4, 0.5) is 0 Å². The van der Waals surface area contributed by atoms with E-state index in [-0.39, 0.29) is 13.2 Å². The molecule has 0 saturated carbocycles. The lowest BCUT2D eigenvalue weighted by atomic mass is 10.2. The van der Waals surface area contributed by atoms with Crippen molar-refractivity contribution in [3.8, 4) is 47.6 Å². The van der Waals surface area contributed by atoms with E-state index in [4.69, 9.17) is 22.3 Å². The molecule has 0 aliphatic rings. The maximum atomic E-state index is 5.59. The van der Waals surface area contributed by atoms with Crippen molar-refractivity contribution in [3.05, 3.63) is 30.7 Å². The molecule has 1 N–H and O–H groups in total. The molecule has 112 valence electrons. The van der Waals surface area contributed by atoms with Crippen molar-refractivity contribution in [1.82, 2.24) is 19.9 Å². The molecule has 3 aromatic rings. The number of hydrogen-bond donors (Lipinski definition) is 1. The Morgan fingerprint density at radius 1 is 1.13 bits per heavy atom. The molecule has 0 radical (unpaired) electrons. The zero-order chi connectivity index (χ0) is 16.1. The topological polar surface area (TPSA) is 72.9 Å². The lowest BCUT2D eigenvalue weighted by Crippen LogP contribution is -1.99. The third kappa shape index (κ3) is 3.07. The third-order valence-corrected chi connectivity index (χ3v) is 3.00. The number of H-pyrrole nitrogens is 1. The van der Waals surface area contributed by atoms with Gasteiger partial charge in [-0.2, -0.15) is 0 Å². The fraction of sp³-hybridized carbons (Fsp3) is 0.118. The van der Waals surface area contributed by atoms with E-state index in [1.54, 1.807) is 18.3 Å². The van der Waals surface area contributed by atoms with Gasteiger partial charge in [-0.25, -0.2) is 15.0 Å². The minimum Gasteiger partial charge on any atom is -0.481 e. The molecule has 0 spiro atoms. The van der Waals surface area contributed by atoms with Crippen LogP contribution in [-0.2, 0) is 0 Å². The van der Waals surface area contributed by atoms with Gasteiger partial charge in [-0.3, -0.25) is 0 Å². The first kappa shape index (κ1) is 14.4. The summed E-state index contributed by atoms with van der Waals surface area (Å²) in [5.41, 5.74) is 2.05. The van der Waals surface area contributed by atoms with Crippen molar-refractivity contribution in [1.29, 1.82) is 0 Å². The van der Waals surface area contributed by atoms with Gasteiger partial charge in [0.05, 0.1) is 11.8 Å². The molecule has 23 heavy (non-hydrogen) atoms. The normalized spacial score (nSPS) is 10.0. The molecule has 0 aliphatic heterocycles. The molecule has 0 atom stereocenters. The number of benzene rings is 1. The molecule has 2 aromatic heterocycles. The van der Waals surface area contributed by atoms with Crippen LogP contribution in [0.1, 0.15) is 0 Å². The molecule has 0 bridgehead atoms. The first-order valence-corrected chi connectivity index (χ1v) is 6.74. The zero-order valence-corrected chi connectivity index (χ0v) is 12.1. The predicted octanol–water partition coefficient (Wildman–Crippen LogP) is 2.04. The Kier molecular flexibility index (Phi) is 4.08. The quantitative estimate of drug-likeness (QED) is 0.730. The Morgan fingerprint density at radius 2 is 1.96 bits per heavy atom. The van der Waals surface area contributed by atoms with Gasteiger partial charge in [-0.05, 0) is 12.1 Å². The van der Waals surface area contributed by atoms with E-state index >= 15 is 0 Å². The fourth-order valence-electron chi connectivity index (χ4n) is 2.04. The van der Waals surface area contributed by atoms with Crippen LogP contribution in [0.2, 0.25) is 0 Å². The minimum atomic E-state index is 0.131. The van der Waals surface area contributed by atoms with Crippen molar-refractivity contribution in [3.63, 3.8) is 0 Å². The summed E-state index contributed by atoms with van der Waals surface area (Å²) in [6, 6.07) is 5.33. The highest BCUT2D eigenvalue weighted by atomic mass is 16.5. The van der Waals surface area contributed by atoms with Crippen LogP contribution in [-0.4, -0.2) is 33.1 Å². The standard InChI is InChI=1S/C17H12N4O2/c1-3-7-22-12-5-6-13(15(9-12)23-8-4-2)16-20-14-10-18-11-19-17(14)21-16/h1-2,5-6,9-11H,7-8H2,(H,18,19,20,21). The van der Waals surface area contributed by atoms with Gasteiger partial charge in [0.2, 0.25) is 0 Å². The molecule has 0 unspecified atom stereocenters. The predicted molar refractivity (Wildman–Crippen MR) is 85.8 cm³/mol. The maximum absolute atomic E-state index is 5.59. The van der Waals surface area contributed by atoms with Crippen LogP contribution in [0.25, 0.3) is 22.6 Å². The SMILES string of the molecule is C#CCOc1ccc(-c2nc3ncncc3[nH]2)c(OCC#C)c1. The molecule has 6 nitrogen and oxygen atoms in total. The lowest BCUT2D eigenvalue weighted by molar-refractivity contribution is 0.352. The van der Waals surface area contributed by atoms with Crippen molar-refractivity contribution < 1.29 is 9.47 Å². The van der Waals surface area contributed by atoms with Crippen LogP contribution in [0, 0.1) is 24.7 Å². The average molecular weight is 304 g/mol. The number of rotatable bonds is 5. The third-order valence-electron chi connectivity index (χ3n) is 3.00. The zero-order valence-electron chi connectivity index (χ0n) is 12.1. The van der Waals surface area contributed by atoms with Crippen LogP contribution < -0.4 is 9.47 Å². The number of fused-ring (bicyclic) bond motifs is 1. The van der Waals surface area contributed by atoms with Gasteiger partial charge in [-0.15, -0.1) is 12.8 Å². The van der Waals surface area contributed by atoms with E-state index in [0.29, 0.717) is 23.0 Å². The highest BCUT2D eigenvalue weighted by Crippen LogP contribution is 2.32. The average Bonchev–Trinajstić information content (AvgIpc) is 3.02. The molecule has 3 rings (SSSR count). The van der Waals surface area contributed by atoms with Gasteiger partial charge < -0.3 is 14.5 Å². The van der Waals surface area contributed by atoms with Crippen LogP contribution in [0.5, 0.6) is 11.5 Å². The van der Waals surface area contributed by atoms with Crippen LogP contribution in [0.15, 0.2) is 30.7 Å². The Labute approximate surface area is 132 Å². The molecule has 2 heterocycles. The largest absolute Gasteiger partial charge is 0.481 e. The second-order valence-electron chi connectivity index (χ2n) is 4.49. The lowest BCUT2D eigenvalue weighted by Gasteiger charge is -2.10. The number of nitrogens with zero attached hydrogens (tertiary/aromatic N) is 3. The first-order valence-electron chi connectivity index (χ1n) is 6.74. The number of imidazole rings is 1. The monoisotopic (exact) mass is 304 g/mol. The van der Waals surface area contributed by atoms with Gasteiger partial charge in [0.25, 0.3) is 0 Å². The summed E-state index contributed by atoms with van der Waals surface area (Å²) in [6.07, 6.45) is 13.6. The molecule has 1 aromatic carbocycles. The summed E-state index contributed by atoms with van der Waals surface area (Å²) in [5.74, 6) is 6.59. The number of aromatic amines is 1. The summed E-state index contributed by atoms with van der Waals surface area (Å²) in [4.78, 5) is 15.6. The van der Waals surface area contributed by atoms with Crippen molar-refractivity contribution in [2.24, 2.45) is 0 Å². The summed E-state index contributed by atoms with van der Waals surface area (Å²) in [5, 5.41) is 0. The minimum absolute atomic E-state index is 0.131. The number of aromatic nitrogens is 4. The van der Waals surface area contributed by atoms with Gasteiger partial charge >= 0.3 is 0 Å². The van der Waals surface area contributed by atoms with Gasteiger partial charge in [-0.1, -0.05) is 11.8 Å². The van der Waals surface area contributed by atoms with Crippen molar-refractivity contribution in [2.75, 3.05) is 13.2 Å². The number of terminal acetylenes is 2. The van der Waals surface area contributed by atoms with Gasteiger partial charge in [0.15, 0.2) is 5.65 Å². The van der Waals surface area contributed by atoms with Gasteiger partial charge in [0.1, 0.15) is 42.4 Å². The smallest absolute Gasteiger partial charge is 0.181 e. The van der Waals surface area contributed by atoms with Gasteiger partial charge in [0, 0.05) is 6.07 Å². The Morgan fingerprint density at radius 3 is 2.74 bits per heavy atom. The van der Waals surface area contributed by atoms with E-state index in [2.05, 4.69) is 31.8 Å². The summed E-state index contributed by atoms with van der Waals surface area (Å²) < 4.78 is 11.0.